The molecular formula is C12H13N3O8S. The van der Waals surface area contributed by atoms with Gasteiger partial charge in [0, 0.05) is 23.4 Å². The van der Waals surface area contributed by atoms with Crippen LogP contribution in [0.3, 0.4) is 0 Å². The minimum Gasteiger partial charge on any atom is -0.491 e. The quantitative estimate of drug-likeness (QED) is 0.389. The van der Waals surface area contributed by atoms with Gasteiger partial charge in [-0.2, -0.15) is 0 Å². The van der Waals surface area contributed by atoms with Gasteiger partial charge in [0.25, 0.3) is 10.8 Å². The normalized spacial score (nSPS) is 19.7. The SMILES string of the molecule is O=C(O)C1CSC(c2cc([N+](=O)[O-])ccc2OCCO[N+](=O)[O-])N1. The molecule has 0 aliphatic carbocycles. The Morgan fingerprint density at radius 1 is 1.38 bits per heavy atom. The van der Waals surface area contributed by atoms with Gasteiger partial charge >= 0.3 is 5.97 Å². The highest BCUT2D eigenvalue weighted by Gasteiger charge is 2.32. The summed E-state index contributed by atoms with van der Waals surface area (Å²) in [6.45, 7) is -0.433. The Bertz CT molecular complexity index is 655. The zero-order valence-corrected chi connectivity index (χ0v) is 12.9. The lowest BCUT2D eigenvalue weighted by molar-refractivity contribution is -0.757. The van der Waals surface area contributed by atoms with E-state index >= 15 is 0 Å². The second kappa shape index (κ2) is 7.79. The summed E-state index contributed by atoms with van der Waals surface area (Å²) in [5.41, 5.74) is 0.235. The van der Waals surface area contributed by atoms with E-state index in [1.54, 1.807) is 0 Å². The molecule has 130 valence electrons. The molecular weight excluding hydrogens is 346 g/mol. The van der Waals surface area contributed by atoms with Crippen LogP contribution in [0.15, 0.2) is 18.2 Å². The van der Waals surface area contributed by atoms with Gasteiger partial charge in [0.05, 0.1) is 10.3 Å². The Hall–Kier alpha value is -2.60. The molecule has 1 aliphatic rings. The van der Waals surface area contributed by atoms with Crippen molar-refractivity contribution in [3.05, 3.63) is 44.0 Å². The van der Waals surface area contributed by atoms with Gasteiger partial charge in [0.2, 0.25) is 0 Å². The van der Waals surface area contributed by atoms with E-state index in [0.29, 0.717) is 11.3 Å². The Morgan fingerprint density at radius 2 is 2.12 bits per heavy atom. The minimum atomic E-state index is -1.02. The summed E-state index contributed by atoms with van der Waals surface area (Å²) in [5, 5.41) is 31.4. The lowest BCUT2D eigenvalue weighted by Gasteiger charge is -2.16. The highest BCUT2D eigenvalue weighted by atomic mass is 32.2. The standard InChI is InChI=1S/C12H13N3O8S/c16-12(17)9-6-24-11(13-9)8-5-7(14(18)19)1-2-10(8)22-3-4-23-15(20)21/h1-2,5,9,11,13H,3-4,6H2,(H,16,17). The van der Waals surface area contributed by atoms with Crippen molar-refractivity contribution in [2.45, 2.75) is 11.4 Å². The average molecular weight is 359 g/mol. The number of nitro benzene ring substituents is 1. The number of hydrogen-bond donors (Lipinski definition) is 2. The summed E-state index contributed by atoms with van der Waals surface area (Å²) in [6.07, 6.45) is 0. The summed E-state index contributed by atoms with van der Waals surface area (Å²) in [6, 6.07) is 3.13. The number of non-ortho nitro benzene ring substituents is 1. The first-order valence-corrected chi connectivity index (χ1v) is 7.72. The summed E-state index contributed by atoms with van der Waals surface area (Å²) in [4.78, 5) is 35.6. The van der Waals surface area contributed by atoms with Crippen LogP contribution >= 0.6 is 11.8 Å². The van der Waals surface area contributed by atoms with Gasteiger partial charge in [-0.3, -0.25) is 20.2 Å². The number of rotatable bonds is 8. The van der Waals surface area contributed by atoms with E-state index in [2.05, 4.69) is 10.2 Å². The Morgan fingerprint density at radius 3 is 2.71 bits per heavy atom. The third kappa shape index (κ3) is 4.45. The van der Waals surface area contributed by atoms with Crippen LogP contribution in [0, 0.1) is 20.2 Å². The van der Waals surface area contributed by atoms with E-state index < -0.39 is 27.4 Å². The van der Waals surface area contributed by atoms with E-state index in [0.717, 1.165) is 0 Å². The maximum Gasteiger partial charge on any atom is 0.321 e. The van der Waals surface area contributed by atoms with E-state index in [1.165, 1.54) is 30.0 Å². The van der Waals surface area contributed by atoms with E-state index in [-0.39, 0.29) is 24.7 Å². The molecule has 1 saturated heterocycles. The van der Waals surface area contributed by atoms with E-state index in [9.17, 15) is 25.0 Å². The first kappa shape index (κ1) is 17.7. The molecule has 2 N–H and O–H groups in total. The number of nitro groups is 1. The fourth-order valence-electron chi connectivity index (χ4n) is 2.04. The molecule has 0 bridgehead atoms. The van der Waals surface area contributed by atoms with Gasteiger partial charge in [-0.25, -0.2) is 0 Å². The van der Waals surface area contributed by atoms with E-state index in [4.69, 9.17) is 9.84 Å². The van der Waals surface area contributed by atoms with Crippen molar-refractivity contribution < 1.29 is 29.5 Å². The van der Waals surface area contributed by atoms with Crippen LogP contribution in [-0.2, 0) is 9.63 Å². The fourth-order valence-corrected chi connectivity index (χ4v) is 3.29. The first-order valence-electron chi connectivity index (χ1n) is 6.67. The van der Waals surface area contributed by atoms with Gasteiger partial charge in [-0.1, -0.05) is 0 Å². The third-order valence-electron chi connectivity index (χ3n) is 3.10. The third-order valence-corrected chi connectivity index (χ3v) is 4.35. The molecule has 0 aromatic heterocycles. The van der Waals surface area contributed by atoms with Crippen molar-refractivity contribution in [2.24, 2.45) is 0 Å². The summed E-state index contributed by atoms with van der Waals surface area (Å²) in [7, 11) is 0. The second-order valence-corrected chi connectivity index (χ2v) is 5.79. The highest BCUT2D eigenvalue weighted by molar-refractivity contribution is 7.99. The van der Waals surface area contributed by atoms with Crippen LogP contribution in [-0.4, -0.2) is 46.1 Å². The van der Waals surface area contributed by atoms with Crippen LogP contribution in [0.5, 0.6) is 5.75 Å². The Balaban J connectivity index is 2.16. The number of thioether (sulfide) groups is 1. The number of benzene rings is 1. The molecule has 2 unspecified atom stereocenters. The van der Waals surface area contributed by atoms with Gasteiger partial charge in [-0.05, 0) is 6.07 Å². The fraction of sp³-hybridized carbons (Fsp3) is 0.417. The van der Waals surface area contributed by atoms with Crippen LogP contribution in [0.2, 0.25) is 0 Å². The maximum absolute atomic E-state index is 11.0. The van der Waals surface area contributed by atoms with E-state index in [1.807, 2.05) is 0 Å². The predicted molar refractivity (Wildman–Crippen MR) is 81.3 cm³/mol. The smallest absolute Gasteiger partial charge is 0.321 e. The first-order chi connectivity index (χ1) is 11.4. The number of nitrogens with zero attached hydrogens (tertiary/aromatic N) is 2. The van der Waals surface area contributed by atoms with Gasteiger partial charge in [0.15, 0.2) is 0 Å². The molecule has 11 nitrogen and oxygen atoms in total. The maximum atomic E-state index is 11.0. The molecule has 1 fully saturated rings. The molecule has 2 rings (SSSR count). The Labute approximate surface area is 139 Å². The molecule has 0 radical (unpaired) electrons. The van der Waals surface area contributed by atoms with Gasteiger partial charge in [-0.15, -0.1) is 21.9 Å². The Kier molecular flexibility index (Phi) is 5.76. The lowest BCUT2D eigenvalue weighted by Crippen LogP contribution is -2.33. The van der Waals surface area contributed by atoms with Crippen LogP contribution in [0.4, 0.5) is 5.69 Å². The molecule has 1 aromatic rings. The number of ether oxygens (including phenoxy) is 1. The summed E-state index contributed by atoms with van der Waals surface area (Å²) in [5.74, 6) is -0.451. The topological polar surface area (TPSA) is 154 Å². The number of carbonyl (C=O) groups is 1. The highest BCUT2D eigenvalue weighted by Crippen LogP contribution is 2.39. The average Bonchev–Trinajstić information content (AvgIpc) is 3.01. The van der Waals surface area contributed by atoms with Crippen molar-refractivity contribution in [1.29, 1.82) is 0 Å². The summed E-state index contributed by atoms with van der Waals surface area (Å²) >= 11 is 1.28. The zero-order chi connectivity index (χ0) is 17.7. The predicted octanol–water partition coefficient (Wildman–Crippen LogP) is 0.970. The lowest BCUT2D eigenvalue weighted by atomic mass is 10.1. The number of carboxylic acids is 1. The van der Waals surface area contributed by atoms with Crippen LogP contribution in [0.1, 0.15) is 10.9 Å². The molecule has 1 heterocycles. The van der Waals surface area contributed by atoms with Crippen molar-refractivity contribution in [3.63, 3.8) is 0 Å². The molecule has 12 heteroatoms. The van der Waals surface area contributed by atoms with Crippen molar-refractivity contribution >= 4 is 23.4 Å². The number of hydrogen-bond acceptors (Lipinski definition) is 9. The second-order valence-electron chi connectivity index (χ2n) is 4.66. The van der Waals surface area contributed by atoms with Crippen LogP contribution in [0.25, 0.3) is 0 Å². The van der Waals surface area contributed by atoms with Crippen LogP contribution < -0.4 is 10.1 Å². The molecule has 0 amide bonds. The molecule has 0 saturated carbocycles. The van der Waals surface area contributed by atoms with Crippen molar-refractivity contribution in [3.8, 4) is 5.75 Å². The molecule has 2 atom stereocenters. The molecule has 1 aromatic carbocycles. The molecule has 1 aliphatic heterocycles. The molecule has 24 heavy (non-hydrogen) atoms. The summed E-state index contributed by atoms with van der Waals surface area (Å²) < 4.78 is 5.38. The number of carboxylic acid groups (broad SMARTS) is 1. The van der Waals surface area contributed by atoms with Crippen molar-refractivity contribution in [1.82, 2.24) is 5.32 Å². The van der Waals surface area contributed by atoms with Crippen molar-refractivity contribution in [2.75, 3.05) is 19.0 Å². The van der Waals surface area contributed by atoms with Gasteiger partial charge < -0.3 is 14.7 Å². The van der Waals surface area contributed by atoms with Gasteiger partial charge in [0.1, 0.15) is 25.0 Å². The number of nitrogens with one attached hydrogen (secondary N) is 1. The monoisotopic (exact) mass is 359 g/mol. The number of aliphatic carboxylic acids is 1. The minimum absolute atomic E-state index is 0.133. The molecule has 0 spiro atoms. The largest absolute Gasteiger partial charge is 0.491 e. The zero-order valence-electron chi connectivity index (χ0n) is 12.1.